The van der Waals surface area contributed by atoms with Gasteiger partial charge in [-0.15, -0.1) is 0 Å². The third-order valence-corrected chi connectivity index (χ3v) is 3.81. The summed E-state index contributed by atoms with van der Waals surface area (Å²) in [6.07, 6.45) is 0. The highest BCUT2D eigenvalue weighted by Crippen LogP contribution is 2.22. The van der Waals surface area contributed by atoms with E-state index in [0.717, 1.165) is 5.56 Å². The number of carbonyl (C=O) groups is 1. The minimum Gasteiger partial charge on any atom is -0.508 e. The number of aromatic nitrogens is 1. The molecule has 1 amide bonds. The van der Waals surface area contributed by atoms with Gasteiger partial charge in [0.25, 0.3) is 5.91 Å². The minimum absolute atomic E-state index is 0.161. The average molecular weight is 324 g/mol. The number of aryl methyl sites for hydroxylation is 1. The van der Waals surface area contributed by atoms with Crippen LogP contribution in [-0.4, -0.2) is 27.9 Å². The second-order valence-corrected chi connectivity index (χ2v) is 5.80. The monoisotopic (exact) mass is 324 g/mol. The number of aromatic hydroxyl groups is 1. The summed E-state index contributed by atoms with van der Waals surface area (Å²) in [5.74, 6) is -0.401. The van der Waals surface area contributed by atoms with Crippen molar-refractivity contribution in [2.75, 3.05) is 7.05 Å². The number of rotatable bonds is 3. The molecule has 0 saturated heterocycles. The van der Waals surface area contributed by atoms with Gasteiger partial charge in [0.15, 0.2) is 0 Å². The van der Waals surface area contributed by atoms with Crippen molar-refractivity contribution in [1.29, 1.82) is 0 Å². The van der Waals surface area contributed by atoms with Crippen LogP contribution in [-0.2, 0) is 6.54 Å². The molecule has 0 bridgehead atoms. The van der Waals surface area contributed by atoms with Crippen molar-refractivity contribution in [2.24, 2.45) is 0 Å². The first-order valence-electron chi connectivity index (χ1n) is 7.54. The van der Waals surface area contributed by atoms with E-state index in [-0.39, 0.29) is 17.5 Å². The lowest BCUT2D eigenvalue weighted by molar-refractivity contribution is 0.0786. The van der Waals surface area contributed by atoms with E-state index in [4.69, 9.17) is 0 Å². The number of phenols is 1. The number of amides is 1. The standard InChI is InChI=1S/C19H17FN2O2/c1-12-8-17(16-7-6-14(20)10-18(16)21-12)19(24)22(2)11-13-4-3-5-15(23)9-13/h3-10,23H,11H2,1-2H3. The van der Waals surface area contributed by atoms with Crippen LogP contribution in [0.2, 0.25) is 0 Å². The fourth-order valence-corrected chi connectivity index (χ4v) is 2.72. The lowest BCUT2D eigenvalue weighted by Gasteiger charge is -2.19. The summed E-state index contributed by atoms with van der Waals surface area (Å²) in [7, 11) is 1.69. The quantitative estimate of drug-likeness (QED) is 0.800. The van der Waals surface area contributed by atoms with Crippen LogP contribution in [0.4, 0.5) is 4.39 Å². The molecule has 1 aromatic heterocycles. The van der Waals surface area contributed by atoms with Crippen LogP contribution in [0.5, 0.6) is 5.75 Å². The van der Waals surface area contributed by atoms with Crippen molar-refractivity contribution in [2.45, 2.75) is 13.5 Å². The van der Waals surface area contributed by atoms with Gasteiger partial charge >= 0.3 is 0 Å². The third-order valence-electron chi connectivity index (χ3n) is 3.81. The maximum Gasteiger partial charge on any atom is 0.254 e. The summed E-state index contributed by atoms with van der Waals surface area (Å²) in [6, 6.07) is 12.7. The van der Waals surface area contributed by atoms with Gasteiger partial charge in [0.2, 0.25) is 0 Å². The number of carbonyl (C=O) groups excluding carboxylic acids is 1. The molecule has 1 N–H and O–H groups in total. The normalized spacial score (nSPS) is 10.8. The molecule has 2 aromatic carbocycles. The molecule has 0 saturated carbocycles. The zero-order valence-electron chi connectivity index (χ0n) is 13.5. The molecule has 24 heavy (non-hydrogen) atoms. The number of hydrogen-bond donors (Lipinski definition) is 1. The number of hydrogen-bond acceptors (Lipinski definition) is 3. The van der Waals surface area contributed by atoms with Crippen molar-refractivity contribution in [3.05, 3.63) is 71.2 Å². The molecule has 0 radical (unpaired) electrons. The van der Waals surface area contributed by atoms with E-state index < -0.39 is 0 Å². The second kappa shape index (κ2) is 6.28. The highest BCUT2D eigenvalue weighted by molar-refractivity contribution is 6.06. The van der Waals surface area contributed by atoms with Crippen LogP contribution in [0.3, 0.4) is 0 Å². The molecule has 0 atom stereocenters. The van der Waals surface area contributed by atoms with Crippen molar-refractivity contribution >= 4 is 16.8 Å². The summed E-state index contributed by atoms with van der Waals surface area (Å²) in [6.45, 7) is 2.13. The smallest absolute Gasteiger partial charge is 0.254 e. The van der Waals surface area contributed by atoms with Crippen LogP contribution in [0.1, 0.15) is 21.6 Å². The van der Waals surface area contributed by atoms with E-state index in [0.29, 0.717) is 28.7 Å². The highest BCUT2D eigenvalue weighted by atomic mass is 19.1. The number of halogens is 1. The molecule has 3 rings (SSSR count). The Hall–Kier alpha value is -2.95. The molecule has 122 valence electrons. The summed E-state index contributed by atoms with van der Waals surface area (Å²) in [5.41, 5.74) is 2.43. The van der Waals surface area contributed by atoms with Gasteiger partial charge in [-0.05, 0) is 42.8 Å². The van der Waals surface area contributed by atoms with E-state index in [1.165, 1.54) is 12.1 Å². The summed E-state index contributed by atoms with van der Waals surface area (Å²) >= 11 is 0. The second-order valence-electron chi connectivity index (χ2n) is 5.80. The molecule has 0 aliphatic heterocycles. The van der Waals surface area contributed by atoms with Crippen molar-refractivity contribution in [3.8, 4) is 5.75 Å². The molecular formula is C19H17FN2O2. The first-order valence-corrected chi connectivity index (χ1v) is 7.54. The Bertz CT molecular complexity index is 919. The number of nitrogens with zero attached hydrogens (tertiary/aromatic N) is 2. The fourth-order valence-electron chi connectivity index (χ4n) is 2.72. The van der Waals surface area contributed by atoms with E-state index in [9.17, 15) is 14.3 Å². The Morgan fingerprint density at radius 1 is 1.21 bits per heavy atom. The van der Waals surface area contributed by atoms with E-state index in [2.05, 4.69) is 4.98 Å². The van der Waals surface area contributed by atoms with Gasteiger partial charge in [-0.25, -0.2) is 4.39 Å². The Morgan fingerprint density at radius 2 is 2.00 bits per heavy atom. The average Bonchev–Trinajstić information content (AvgIpc) is 2.52. The minimum atomic E-state index is -0.382. The van der Waals surface area contributed by atoms with Crippen molar-refractivity contribution in [3.63, 3.8) is 0 Å². The number of phenolic OH excluding ortho intramolecular Hbond substituents is 1. The summed E-state index contributed by atoms with van der Waals surface area (Å²) < 4.78 is 13.4. The van der Waals surface area contributed by atoms with Crippen LogP contribution < -0.4 is 0 Å². The summed E-state index contributed by atoms with van der Waals surface area (Å²) in [4.78, 5) is 18.7. The zero-order valence-corrected chi connectivity index (χ0v) is 13.5. The van der Waals surface area contributed by atoms with Gasteiger partial charge in [-0.1, -0.05) is 12.1 Å². The van der Waals surface area contributed by atoms with Gasteiger partial charge in [0.05, 0.1) is 11.1 Å². The maximum absolute atomic E-state index is 13.4. The molecule has 0 fully saturated rings. The van der Waals surface area contributed by atoms with Crippen LogP contribution in [0.15, 0.2) is 48.5 Å². The SMILES string of the molecule is Cc1cc(C(=O)N(C)Cc2cccc(O)c2)c2ccc(F)cc2n1. The predicted octanol–water partition coefficient (Wildman–Crippen LogP) is 3.66. The van der Waals surface area contributed by atoms with Crippen molar-refractivity contribution < 1.29 is 14.3 Å². The molecule has 3 aromatic rings. The predicted molar refractivity (Wildman–Crippen MR) is 90.3 cm³/mol. The first kappa shape index (κ1) is 15.9. The number of pyridine rings is 1. The highest BCUT2D eigenvalue weighted by Gasteiger charge is 2.17. The zero-order chi connectivity index (χ0) is 17.3. The fraction of sp³-hybridized carbons (Fsp3) is 0.158. The Morgan fingerprint density at radius 3 is 2.75 bits per heavy atom. The van der Waals surface area contributed by atoms with Gasteiger partial charge in [-0.2, -0.15) is 0 Å². The van der Waals surface area contributed by atoms with Gasteiger partial charge in [0, 0.05) is 30.7 Å². The molecular weight excluding hydrogens is 307 g/mol. The van der Waals surface area contributed by atoms with Crippen LogP contribution in [0, 0.1) is 12.7 Å². The lowest BCUT2D eigenvalue weighted by Crippen LogP contribution is -2.26. The largest absolute Gasteiger partial charge is 0.508 e. The van der Waals surface area contributed by atoms with Crippen LogP contribution in [0.25, 0.3) is 10.9 Å². The van der Waals surface area contributed by atoms with Gasteiger partial charge in [-0.3, -0.25) is 9.78 Å². The summed E-state index contributed by atoms with van der Waals surface area (Å²) in [5, 5.41) is 10.2. The molecule has 0 unspecified atom stereocenters. The molecule has 4 nitrogen and oxygen atoms in total. The van der Waals surface area contributed by atoms with E-state index in [1.54, 1.807) is 49.2 Å². The lowest BCUT2D eigenvalue weighted by atomic mass is 10.1. The first-order chi connectivity index (χ1) is 11.4. The van der Waals surface area contributed by atoms with Gasteiger partial charge in [0.1, 0.15) is 11.6 Å². The Balaban J connectivity index is 1.95. The number of benzene rings is 2. The molecule has 5 heteroatoms. The topological polar surface area (TPSA) is 53.4 Å². The number of fused-ring (bicyclic) bond motifs is 1. The third kappa shape index (κ3) is 3.20. The molecule has 0 aliphatic rings. The molecule has 0 aliphatic carbocycles. The van der Waals surface area contributed by atoms with Crippen molar-refractivity contribution in [1.82, 2.24) is 9.88 Å². The molecule has 1 heterocycles. The Labute approximate surface area is 139 Å². The van der Waals surface area contributed by atoms with Crippen LogP contribution >= 0.6 is 0 Å². The maximum atomic E-state index is 13.4. The Kier molecular flexibility index (Phi) is 4.16. The van der Waals surface area contributed by atoms with Gasteiger partial charge < -0.3 is 10.0 Å². The van der Waals surface area contributed by atoms with E-state index >= 15 is 0 Å². The van der Waals surface area contributed by atoms with E-state index in [1.807, 2.05) is 6.07 Å². The molecule has 0 spiro atoms.